The van der Waals surface area contributed by atoms with Crippen LogP contribution in [0.4, 0.5) is 5.69 Å². The predicted molar refractivity (Wildman–Crippen MR) is 119 cm³/mol. The smallest absolute Gasteiger partial charge is 0.237 e. The largest absolute Gasteiger partial charge is 0.335 e. The second-order valence-corrected chi connectivity index (χ2v) is 8.84. The Bertz CT molecular complexity index is 1070. The summed E-state index contributed by atoms with van der Waals surface area (Å²) < 4.78 is 1.81. The highest BCUT2D eigenvalue weighted by atomic mass is 35.5. The highest BCUT2D eigenvalue weighted by Crippen LogP contribution is 2.27. The van der Waals surface area contributed by atoms with Gasteiger partial charge in [-0.1, -0.05) is 29.4 Å². The number of thioether (sulfide) groups is 1. The fourth-order valence-electron chi connectivity index (χ4n) is 3.23. The van der Waals surface area contributed by atoms with Gasteiger partial charge in [0.15, 0.2) is 11.0 Å². The third-order valence-electron chi connectivity index (χ3n) is 4.85. The molecule has 2 amide bonds. The number of pyridine rings is 1. The molecule has 10 heteroatoms. The van der Waals surface area contributed by atoms with Gasteiger partial charge in [0.2, 0.25) is 11.8 Å². The molecule has 1 N–H and O–H groups in total. The zero-order valence-corrected chi connectivity index (χ0v) is 18.4. The lowest BCUT2D eigenvalue weighted by Gasteiger charge is -2.17. The van der Waals surface area contributed by atoms with Gasteiger partial charge in [-0.3, -0.25) is 14.2 Å². The van der Waals surface area contributed by atoms with E-state index in [0.717, 1.165) is 6.42 Å². The minimum atomic E-state index is -0.441. The van der Waals surface area contributed by atoms with Crippen LogP contribution in [0.2, 0.25) is 5.02 Å². The van der Waals surface area contributed by atoms with Gasteiger partial charge in [-0.2, -0.15) is 0 Å². The molecule has 0 spiro atoms. The first kappa shape index (κ1) is 21.3. The molecule has 1 unspecified atom stereocenters. The van der Waals surface area contributed by atoms with Gasteiger partial charge in [-0.05, 0) is 49.7 Å². The Hall–Kier alpha value is -2.91. The zero-order valence-electron chi connectivity index (χ0n) is 16.9. The average molecular weight is 457 g/mol. The molecule has 31 heavy (non-hydrogen) atoms. The molecule has 3 heterocycles. The van der Waals surface area contributed by atoms with Crippen LogP contribution in [0.15, 0.2) is 53.8 Å². The quantitative estimate of drug-likeness (QED) is 0.546. The number of likely N-dealkylation sites (tertiary alicyclic amines) is 1. The van der Waals surface area contributed by atoms with E-state index < -0.39 is 5.25 Å². The van der Waals surface area contributed by atoms with Crippen LogP contribution in [-0.4, -0.2) is 48.3 Å². The number of halogens is 1. The Labute approximate surface area is 189 Å². The highest BCUT2D eigenvalue weighted by molar-refractivity contribution is 8.00. The maximum absolute atomic E-state index is 12.7. The Balaban J connectivity index is 1.55. The van der Waals surface area contributed by atoms with Gasteiger partial charge in [0.05, 0.1) is 11.8 Å². The zero-order chi connectivity index (χ0) is 21.8. The molecule has 3 aromatic rings. The molecule has 1 fully saturated rings. The molecule has 1 aromatic carbocycles. The maximum Gasteiger partial charge on any atom is 0.237 e. The van der Waals surface area contributed by atoms with E-state index in [2.05, 4.69) is 20.5 Å². The lowest BCUT2D eigenvalue weighted by molar-refractivity contribution is -0.128. The summed E-state index contributed by atoms with van der Waals surface area (Å²) in [5.74, 6) is 1.20. The average Bonchev–Trinajstić information content (AvgIpc) is 3.36. The number of anilines is 1. The Morgan fingerprint density at radius 3 is 2.71 bits per heavy atom. The predicted octanol–water partition coefficient (Wildman–Crippen LogP) is 3.56. The van der Waals surface area contributed by atoms with Gasteiger partial charge in [0.25, 0.3) is 0 Å². The number of nitrogens with one attached hydrogen (secondary N) is 1. The van der Waals surface area contributed by atoms with E-state index in [9.17, 15) is 9.59 Å². The standard InChI is InChI=1S/C21H21ClN6O2S/c1-14(20(30)24-16-9-7-15(22)8-10-16)31-21-26-25-18(13-27-12-4-6-19(27)29)28(21)17-5-2-3-11-23-17/h2-3,5,7-11,14H,4,6,12-13H2,1H3,(H,24,30). The lowest BCUT2D eigenvalue weighted by Crippen LogP contribution is -2.26. The van der Waals surface area contributed by atoms with Crippen molar-refractivity contribution in [1.29, 1.82) is 0 Å². The number of hydrogen-bond acceptors (Lipinski definition) is 6. The molecule has 1 aliphatic heterocycles. The van der Waals surface area contributed by atoms with Crippen molar-refractivity contribution < 1.29 is 9.59 Å². The van der Waals surface area contributed by atoms with Crippen LogP contribution in [0.25, 0.3) is 5.82 Å². The van der Waals surface area contributed by atoms with Crippen LogP contribution in [0.3, 0.4) is 0 Å². The summed E-state index contributed by atoms with van der Waals surface area (Å²) in [7, 11) is 0. The van der Waals surface area contributed by atoms with Crippen molar-refractivity contribution in [2.75, 3.05) is 11.9 Å². The first-order valence-corrected chi connectivity index (χ1v) is 11.1. The number of benzene rings is 1. The van der Waals surface area contributed by atoms with Crippen molar-refractivity contribution in [3.8, 4) is 5.82 Å². The molecule has 2 aromatic heterocycles. The summed E-state index contributed by atoms with van der Waals surface area (Å²) in [5, 5.41) is 12.2. The van der Waals surface area contributed by atoms with E-state index >= 15 is 0 Å². The minimum absolute atomic E-state index is 0.112. The Morgan fingerprint density at radius 1 is 1.23 bits per heavy atom. The van der Waals surface area contributed by atoms with E-state index in [4.69, 9.17) is 11.6 Å². The van der Waals surface area contributed by atoms with E-state index in [1.807, 2.05) is 22.8 Å². The summed E-state index contributed by atoms with van der Waals surface area (Å²) in [6.07, 6.45) is 3.09. The molecule has 160 valence electrons. The van der Waals surface area contributed by atoms with Crippen molar-refractivity contribution in [3.05, 3.63) is 59.5 Å². The van der Waals surface area contributed by atoms with Crippen LogP contribution >= 0.6 is 23.4 Å². The summed E-state index contributed by atoms with van der Waals surface area (Å²) >= 11 is 7.18. The van der Waals surface area contributed by atoms with Crippen LogP contribution in [-0.2, 0) is 16.1 Å². The fourth-order valence-corrected chi connectivity index (χ4v) is 4.23. The van der Waals surface area contributed by atoms with Crippen LogP contribution < -0.4 is 5.32 Å². The number of rotatable bonds is 7. The first-order chi connectivity index (χ1) is 15.0. The number of amides is 2. The second-order valence-electron chi connectivity index (χ2n) is 7.10. The summed E-state index contributed by atoms with van der Waals surface area (Å²) in [4.78, 5) is 31.0. The monoisotopic (exact) mass is 456 g/mol. The normalized spacial score (nSPS) is 14.6. The molecule has 8 nitrogen and oxygen atoms in total. The van der Waals surface area contributed by atoms with Crippen LogP contribution in [0.1, 0.15) is 25.6 Å². The van der Waals surface area contributed by atoms with Crippen molar-refractivity contribution in [2.24, 2.45) is 0 Å². The third-order valence-corrected chi connectivity index (χ3v) is 6.14. The molecule has 0 bridgehead atoms. The van der Waals surface area contributed by atoms with Crippen molar-refractivity contribution >= 4 is 40.9 Å². The van der Waals surface area contributed by atoms with Gasteiger partial charge >= 0.3 is 0 Å². The minimum Gasteiger partial charge on any atom is -0.335 e. The van der Waals surface area contributed by atoms with E-state index in [-0.39, 0.29) is 11.8 Å². The van der Waals surface area contributed by atoms with Crippen molar-refractivity contribution in [1.82, 2.24) is 24.6 Å². The van der Waals surface area contributed by atoms with Crippen molar-refractivity contribution in [2.45, 2.75) is 36.7 Å². The van der Waals surface area contributed by atoms with Crippen LogP contribution in [0.5, 0.6) is 0 Å². The van der Waals surface area contributed by atoms with E-state index in [1.54, 1.807) is 42.3 Å². The molecular weight excluding hydrogens is 436 g/mol. The molecule has 1 saturated heterocycles. The summed E-state index contributed by atoms with van der Waals surface area (Å²) in [5.41, 5.74) is 0.668. The van der Waals surface area contributed by atoms with Gasteiger partial charge in [-0.25, -0.2) is 4.98 Å². The van der Waals surface area contributed by atoms with E-state index in [0.29, 0.717) is 47.0 Å². The molecular formula is C21H21ClN6O2S. The molecule has 0 saturated carbocycles. The third kappa shape index (κ3) is 5.05. The molecule has 4 rings (SSSR count). The van der Waals surface area contributed by atoms with E-state index in [1.165, 1.54) is 11.8 Å². The SMILES string of the molecule is CC(Sc1nnc(CN2CCCC2=O)n1-c1ccccn1)C(=O)Nc1ccc(Cl)cc1. The molecule has 0 radical (unpaired) electrons. The second kappa shape index (κ2) is 9.49. The number of aromatic nitrogens is 4. The fraction of sp³-hybridized carbons (Fsp3) is 0.286. The van der Waals surface area contributed by atoms with Gasteiger partial charge < -0.3 is 10.2 Å². The molecule has 1 atom stereocenters. The number of hydrogen-bond donors (Lipinski definition) is 1. The van der Waals surface area contributed by atoms with Gasteiger partial charge in [-0.15, -0.1) is 10.2 Å². The Kier molecular flexibility index (Phi) is 6.53. The first-order valence-electron chi connectivity index (χ1n) is 9.88. The Morgan fingerprint density at radius 2 is 2.03 bits per heavy atom. The summed E-state index contributed by atoms with van der Waals surface area (Å²) in [6, 6.07) is 12.5. The topological polar surface area (TPSA) is 93.0 Å². The number of carbonyl (C=O) groups excluding carboxylic acids is 2. The summed E-state index contributed by atoms with van der Waals surface area (Å²) in [6.45, 7) is 2.86. The van der Waals surface area contributed by atoms with Crippen molar-refractivity contribution in [3.63, 3.8) is 0 Å². The number of nitrogens with zero attached hydrogens (tertiary/aromatic N) is 5. The maximum atomic E-state index is 12.7. The number of carbonyl (C=O) groups is 2. The van der Waals surface area contributed by atoms with Gasteiger partial charge in [0.1, 0.15) is 5.82 Å². The molecule has 0 aliphatic carbocycles. The lowest BCUT2D eigenvalue weighted by atomic mass is 10.3. The highest BCUT2D eigenvalue weighted by Gasteiger charge is 2.26. The molecule has 1 aliphatic rings. The van der Waals surface area contributed by atoms with Gasteiger partial charge in [0, 0.05) is 29.9 Å². The van der Waals surface area contributed by atoms with Crippen LogP contribution in [0, 0.1) is 0 Å².